The predicted octanol–water partition coefficient (Wildman–Crippen LogP) is -0.250. The molecular weight excluding hydrogens is 225 g/mol. The molecule has 6 heteroatoms. The molecule has 1 aromatic heterocycles. The van der Waals surface area contributed by atoms with E-state index in [1.165, 1.54) is 0 Å². The van der Waals surface area contributed by atoms with Crippen LogP contribution >= 0.6 is 12.6 Å². The standard InChI is InChI=1S/C8H7N3OS.K.H/c9-11-7(12)5-3-1-2-4-6(5)10-8(11)13;;/h1-4H,9H2,(H,10,13);;. The third-order valence-corrected chi connectivity index (χ3v) is 2.10. The van der Waals surface area contributed by atoms with Gasteiger partial charge in [-0.1, -0.05) is 12.1 Å². The van der Waals surface area contributed by atoms with E-state index in [1.807, 2.05) is 6.07 Å². The Morgan fingerprint density at radius 1 is 1.36 bits per heavy atom. The van der Waals surface area contributed by atoms with Crippen LogP contribution in [0.15, 0.2) is 34.2 Å². The molecule has 0 aliphatic carbocycles. The number of fused-ring (bicyclic) bond motifs is 1. The first-order chi connectivity index (χ1) is 6.20. The average molecular weight is 233 g/mol. The molecule has 0 aliphatic heterocycles. The van der Waals surface area contributed by atoms with E-state index in [9.17, 15) is 4.79 Å². The van der Waals surface area contributed by atoms with E-state index < -0.39 is 0 Å². The molecule has 0 atom stereocenters. The Kier molecular flexibility index (Phi) is 4.17. The molecule has 14 heavy (non-hydrogen) atoms. The molecule has 0 saturated heterocycles. The Bertz CT molecular complexity index is 525. The Hall–Kier alpha value is 0.146. The maximum absolute atomic E-state index is 11.5. The summed E-state index contributed by atoms with van der Waals surface area (Å²) in [6, 6.07) is 7.00. The zero-order valence-corrected chi connectivity index (χ0v) is 7.53. The fraction of sp³-hybridized carbons (Fsp3) is 0. The van der Waals surface area contributed by atoms with Crippen molar-refractivity contribution in [2.45, 2.75) is 5.16 Å². The fourth-order valence-electron chi connectivity index (χ4n) is 1.13. The zero-order chi connectivity index (χ0) is 9.42. The van der Waals surface area contributed by atoms with Crippen LogP contribution < -0.4 is 11.4 Å². The predicted molar refractivity (Wildman–Crippen MR) is 60.6 cm³/mol. The first-order valence-electron chi connectivity index (χ1n) is 3.66. The minimum absolute atomic E-state index is 0. The summed E-state index contributed by atoms with van der Waals surface area (Å²) in [4.78, 5) is 15.5. The minimum atomic E-state index is -0.282. The van der Waals surface area contributed by atoms with Crippen LogP contribution in [0.2, 0.25) is 0 Å². The number of nitrogens with zero attached hydrogens (tertiary/aromatic N) is 2. The summed E-state index contributed by atoms with van der Waals surface area (Å²) in [5, 5.41) is 0.714. The van der Waals surface area contributed by atoms with Gasteiger partial charge in [0.25, 0.3) is 5.56 Å². The van der Waals surface area contributed by atoms with Crippen molar-refractivity contribution in [1.82, 2.24) is 9.66 Å². The van der Waals surface area contributed by atoms with Crippen molar-refractivity contribution in [1.29, 1.82) is 0 Å². The van der Waals surface area contributed by atoms with Crippen LogP contribution in [-0.4, -0.2) is 61.0 Å². The third-order valence-electron chi connectivity index (χ3n) is 1.79. The molecule has 0 spiro atoms. The molecule has 0 fully saturated rings. The Morgan fingerprint density at radius 3 is 2.71 bits per heavy atom. The molecule has 0 amide bonds. The van der Waals surface area contributed by atoms with E-state index in [-0.39, 0.29) is 62.1 Å². The van der Waals surface area contributed by atoms with Crippen LogP contribution in [0.4, 0.5) is 0 Å². The molecule has 2 rings (SSSR count). The summed E-state index contributed by atoms with van der Waals surface area (Å²) >= 11 is 3.97. The molecule has 0 radical (unpaired) electrons. The van der Waals surface area contributed by atoms with Crippen LogP contribution in [0.3, 0.4) is 0 Å². The molecule has 2 N–H and O–H groups in total. The van der Waals surface area contributed by atoms with Gasteiger partial charge in [0.05, 0.1) is 10.9 Å². The Labute approximate surface area is 128 Å². The van der Waals surface area contributed by atoms with Crippen molar-refractivity contribution in [2.75, 3.05) is 5.84 Å². The van der Waals surface area contributed by atoms with Gasteiger partial charge in [-0.15, -0.1) is 12.6 Å². The van der Waals surface area contributed by atoms with E-state index in [0.29, 0.717) is 10.9 Å². The van der Waals surface area contributed by atoms with Crippen LogP contribution in [0.25, 0.3) is 10.9 Å². The van der Waals surface area contributed by atoms with Gasteiger partial charge in [-0.2, -0.15) is 0 Å². The van der Waals surface area contributed by atoms with Gasteiger partial charge in [0, 0.05) is 0 Å². The van der Waals surface area contributed by atoms with Crippen molar-refractivity contribution in [3.05, 3.63) is 34.6 Å². The van der Waals surface area contributed by atoms with E-state index in [0.717, 1.165) is 4.68 Å². The van der Waals surface area contributed by atoms with Crippen molar-refractivity contribution in [3.8, 4) is 0 Å². The Morgan fingerprint density at radius 2 is 2.00 bits per heavy atom. The summed E-state index contributed by atoms with van der Waals surface area (Å²) in [5.74, 6) is 5.41. The number of aromatic nitrogens is 2. The average Bonchev–Trinajstić information content (AvgIpc) is 2.15. The quantitative estimate of drug-likeness (QED) is 0.285. The second kappa shape index (κ2) is 4.78. The summed E-state index contributed by atoms with van der Waals surface area (Å²) in [6.45, 7) is 0. The number of nitrogens with two attached hydrogens (primary N) is 1. The zero-order valence-electron chi connectivity index (χ0n) is 6.64. The van der Waals surface area contributed by atoms with Gasteiger partial charge >= 0.3 is 51.4 Å². The van der Waals surface area contributed by atoms with Gasteiger partial charge in [-0.25, -0.2) is 9.66 Å². The second-order valence-electron chi connectivity index (χ2n) is 2.60. The fourth-order valence-corrected chi connectivity index (χ4v) is 1.33. The summed E-state index contributed by atoms with van der Waals surface area (Å²) < 4.78 is 0.922. The van der Waals surface area contributed by atoms with Gasteiger partial charge in [-0.05, 0) is 12.1 Å². The molecule has 0 bridgehead atoms. The molecule has 68 valence electrons. The summed E-state index contributed by atoms with van der Waals surface area (Å²) in [6.07, 6.45) is 0. The van der Waals surface area contributed by atoms with Crippen LogP contribution in [0.5, 0.6) is 0 Å². The topological polar surface area (TPSA) is 60.9 Å². The first-order valence-corrected chi connectivity index (χ1v) is 4.10. The molecule has 4 nitrogen and oxygen atoms in total. The van der Waals surface area contributed by atoms with Gasteiger partial charge in [-0.3, -0.25) is 4.79 Å². The summed E-state index contributed by atoms with van der Waals surface area (Å²) in [7, 11) is 0. The number of hydrogen-bond donors (Lipinski definition) is 2. The van der Waals surface area contributed by atoms with Gasteiger partial charge in [0.2, 0.25) is 0 Å². The van der Waals surface area contributed by atoms with E-state index >= 15 is 0 Å². The number of nitrogen functional groups attached to an aromatic ring is 1. The molecule has 0 unspecified atom stereocenters. The van der Waals surface area contributed by atoms with Crippen molar-refractivity contribution in [3.63, 3.8) is 0 Å². The van der Waals surface area contributed by atoms with Crippen molar-refractivity contribution in [2.24, 2.45) is 0 Å². The molecule has 1 aromatic carbocycles. The normalized spacial score (nSPS) is 9.79. The molecule has 0 aliphatic rings. The number of para-hydroxylation sites is 1. The number of hydrogen-bond acceptors (Lipinski definition) is 4. The molecule has 0 saturated carbocycles. The first kappa shape index (κ1) is 12.2. The van der Waals surface area contributed by atoms with Crippen molar-refractivity contribution < 1.29 is 0 Å². The van der Waals surface area contributed by atoms with Gasteiger partial charge in [0.15, 0.2) is 5.16 Å². The van der Waals surface area contributed by atoms with E-state index in [4.69, 9.17) is 5.84 Å². The second-order valence-corrected chi connectivity index (χ2v) is 3.00. The summed E-state index contributed by atoms with van der Waals surface area (Å²) in [5.41, 5.74) is 0.329. The Balaban J connectivity index is 0.000000980. The third kappa shape index (κ3) is 2.05. The van der Waals surface area contributed by atoms with E-state index in [2.05, 4.69) is 17.6 Å². The van der Waals surface area contributed by atoms with Crippen LogP contribution in [0, 0.1) is 0 Å². The molecular formula is C8H8KN3OS. The monoisotopic (exact) mass is 233 g/mol. The number of thiol groups is 1. The van der Waals surface area contributed by atoms with E-state index in [1.54, 1.807) is 18.2 Å². The number of benzene rings is 1. The maximum atomic E-state index is 11.5. The molecule has 1 heterocycles. The molecule has 2 aromatic rings. The van der Waals surface area contributed by atoms with Crippen molar-refractivity contribution >= 4 is 74.9 Å². The van der Waals surface area contributed by atoms with Gasteiger partial charge < -0.3 is 5.84 Å². The van der Waals surface area contributed by atoms with Crippen LogP contribution in [0.1, 0.15) is 0 Å². The number of rotatable bonds is 0. The van der Waals surface area contributed by atoms with Crippen LogP contribution in [-0.2, 0) is 0 Å². The SMILES string of the molecule is Nn1c(S)nc2ccccc2c1=O.[KH]. The van der Waals surface area contributed by atoms with Gasteiger partial charge in [0.1, 0.15) is 0 Å².